The standard InChI is InChI=1S/C23H31N3O2.HI/c1-2-27-13-14-28-17-19-8-5-7-18(15-19)16-25-23(24)26-22-12-6-10-20-9-3-4-11-21(20)22;/h5-8,10,12,15H,2-4,9,11,13-14,16-17H2,1H3,(H3,24,25,26);1H. The fraction of sp³-hybridized carbons (Fsp3) is 0.435. The molecule has 0 radical (unpaired) electrons. The van der Waals surface area contributed by atoms with Gasteiger partial charge in [-0.15, -0.1) is 24.0 Å². The number of anilines is 1. The van der Waals surface area contributed by atoms with E-state index in [4.69, 9.17) is 15.2 Å². The summed E-state index contributed by atoms with van der Waals surface area (Å²) in [6.45, 7) is 5.06. The Hall–Kier alpha value is -1.64. The number of nitrogens with two attached hydrogens (primary N) is 1. The summed E-state index contributed by atoms with van der Waals surface area (Å²) in [4.78, 5) is 4.52. The van der Waals surface area contributed by atoms with Crippen LogP contribution in [0.2, 0.25) is 0 Å². The maximum Gasteiger partial charge on any atom is 0.193 e. The second-order valence-corrected chi connectivity index (χ2v) is 7.05. The van der Waals surface area contributed by atoms with Gasteiger partial charge in [0.1, 0.15) is 0 Å². The van der Waals surface area contributed by atoms with Gasteiger partial charge in [0.2, 0.25) is 0 Å². The lowest BCUT2D eigenvalue weighted by Gasteiger charge is -2.19. The third-order valence-corrected chi connectivity index (χ3v) is 4.93. The van der Waals surface area contributed by atoms with Gasteiger partial charge in [-0.3, -0.25) is 0 Å². The summed E-state index contributed by atoms with van der Waals surface area (Å²) in [6.07, 6.45) is 4.77. The second kappa shape index (κ2) is 12.8. The van der Waals surface area contributed by atoms with Gasteiger partial charge in [0.05, 0.1) is 26.4 Å². The van der Waals surface area contributed by atoms with Gasteiger partial charge in [-0.25, -0.2) is 4.99 Å². The maximum atomic E-state index is 6.15. The van der Waals surface area contributed by atoms with Crippen molar-refractivity contribution in [2.24, 2.45) is 10.7 Å². The molecule has 29 heavy (non-hydrogen) atoms. The maximum absolute atomic E-state index is 6.15. The van der Waals surface area contributed by atoms with E-state index in [1.54, 1.807) is 0 Å². The average molecular weight is 509 g/mol. The Morgan fingerprint density at radius 2 is 1.79 bits per heavy atom. The van der Waals surface area contributed by atoms with Crippen molar-refractivity contribution in [3.63, 3.8) is 0 Å². The monoisotopic (exact) mass is 509 g/mol. The molecule has 0 heterocycles. The highest BCUT2D eigenvalue weighted by Crippen LogP contribution is 2.27. The van der Waals surface area contributed by atoms with E-state index in [0.29, 0.717) is 32.3 Å². The van der Waals surface area contributed by atoms with Crippen molar-refractivity contribution in [2.75, 3.05) is 25.1 Å². The van der Waals surface area contributed by atoms with E-state index in [9.17, 15) is 0 Å². The second-order valence-electron chi connectivity index (χ2n) is 7.05. The molecule has 158 valence electrons. The highest BCUT2D eigenvalue weighted by atomic mass is 127. The minimum Gasteiger partial charge on any atom is -0.379 e. The van der Waals surface area contributed by atoms with E-state index in [1.807, 2.05) is 13.0 Å². The first-order valence-corrected chi connectivity index (χ1v) is 10.2. The van der Waals surface area contributed by atoms with E-state index < -0.39 is 0 Å². The molecule has 2 aromatic rings. The zero-order valence-corrected chi connectivity index (χ0v) is 19.5. The number of nitrogens with zero attached hydrogens (tertiary/aromatic N) is 1. The Morgan fingerprint density at radius 3 is 2.66 bits per heavy atom. The van der Waals surface area contributed by atoms with E-state index >= 15 is 0 Å². The fourth-order valence-corrected chi connectivity index (χ4v) is 3.52. The molecule has 1 aliphatic rings. The number of aliphatic imine (C=N–C) groups is 1. The van der Waals surface area contributed by atoms with Crippen LogP contribution < -0.4 is 11.1 Å². The van der Waals surface area contributed by atoms with Crippen molar-refractivity contribution < 1.29 is 9.47 Å². The molecule has 0 saturated carbocycles. The summed E-state index contributed by atoms with van der Waals surface area (Å²) >= 11 is 0. The lowest BCUT2D eigenvalue weighted by atomic mass is 9.90. The smallest absolute Gasteiger partial charge is 0.193 e. The van der Waals surface area contributed by atoms with Crippen LogP contribution in [0, 0.1) is 0 Å². The first-order chi connectivity index (χ1) is 13.8. The highest BCUT2D eigenvalue weighted by molar-refractivity contribution is 14.0. The molecule has 3 N–H and O–H groups in total. The zero-order valence-electron chi connectivity index (χ0n) is 17.2. The molecule has 0 aromatic heterocycles. The molecule has 5 nitrogen and oxygen atoms in total. The number of hydrogen-bond acceptors (Lipinski definition) is 3. The molecule has 0 spiro atoms. The molecule has 1 aliphatic carbocycles. The fourth-order valence-electron chi connectivity index (χ4n) is 3.52. The van der Waals surface area contributed by atoms with Crippen molar-refractivity contribution in [2.45, 2.75) is 45.8 Å². The molecule has 3 rings (SSSR count). The first kappa shape index (κ1) is 23.6. The Balaban J connectivity index is 0.00000300. The molecule has 0 amide bonds. The molecule has 0 saturated heterocycles. The van der Waals surface area contributed by atoms with Gasteiger partial charge in [0.25, 0.3) is 0 Å². The van der Waals surface area contributed by atoms with Gasteiger partial charge in [0.15, 0.2) is 5.96 Å². The minimum absolute atomic E-state index is 0. The van der Waals surface area contributed by atoms with Crippen molar-refractivity contribution in [3.8, 4) is 0 Å². The molecule has 2 aromatic carbocycles. The topological polar surface area (TPSA) is 68.9 Å². The van der Waals surface area contributed by atoms with Crippen LogP contribution >= 0.6 is 24.0 Å². The van der Waals surface area contributed by atoms with Crippen LogP contribution in [0.1, 0.15) is 42.0 Å². The summed E-state index contributed by atoms with van der Waals surface area (Å²) in [5.41, 5.74) is 12.3. The van der Waals surface area contributed by atoms with Gasteiger partial charge in [-0.05, 0) is 60.9 Å². The number of ether oxygens (including phenoxy) is 2. The Bertz CT molecular complexity index is 795. The summed E-state index contributed by atoms with van der Waals surface area (Å²) in [5, 5.41) is 3.30. The predicted octanol–water partition coefficient (Wildman–Crippen LogP) is 4.66. The van der Waals surface area contributed by atoms with Gasteiger partial charge >= 0.3 is 0 Å². The Morgan fingerprint density at radius 1 is 1.03 bits per heavy atom. The molecule has 0 bridgehead atoms. The van der Waals surface area contributed by atoms with Crippen LogP contribution in [0.5, 0.6) is 0 Å². The average Bonchev–Trinajstić information content (AvgIpc) is 2.73. The third-order valence-electron chi connectivity index (χ3n) is 4.93. The Labute approximate surface area is 191 Å². The van der Waals surface area contributed by atoms with Gasteiger partial charge in [0, 0.05) is 12.3 Å². The number of hydrogen-bond donors (Lipinski definition) is 2. The normalized spacial score (nSPS) is 13.5. The summed E-state index contributed by atoms with van der Waals surface area (Å²) in [5.74, 6) is 0.456. The lowest BCUT2D eigenvalue weighted by Crippen LogP contribution is -2.24. The van der Waals surface area contributed by atoms with Crippen LogP contribution in [0.25, 0.3) is 0 Å². The SMILES string of the molecule is CCOCCOCc1cccc(CN=C(N)Nc2cccc3c2CCCC3)c1.I. The summed E-state index contributed by atoms with van der Waals surface area (Å²) in [6, 6.07) is 14.7. The number of guanidine groups is 1. The largest absolute Gasteiger partial charge is 0.379 e. The highest BCUT2D eigenvalue weighted by Gasteiger charge is 2.13. The molecule has 0 atom stereocenters. The zero-order chi connectivity index (χ0) is 19.6. The van der Waals surface area contributed by atoms with Crippen LogP contribution in [-0.4, -0.2) is 25.8 Å². The summed E-state index contributed by atoms with van der Waals surface area (Å²) < 4.78 is 10.9. The molecule has 6 heteroatoms. The van der Waals surface area contributed by atoms with Crippen LogP contribution in [0.4, 0.5) is 5.69 Å². The Kier molecular flexibility index (Phi) is 10.5. The van der Waals surface area contributed by atoms with Crippen LogP contribution in [-0.2, 0) is 35.5 Å². The van der Waals surface area contributed by atoms with Gasteiger partial charge in [-0.2, -0.15) is 0 Å². The first-order valence-electron chi connectivity index (χ1n) is 10.2. The number of fused-ring (bicyclic) bond motifs is 1. The van der Waals surface area contributed by atoms with Crippen LogP contribution in [0.15, 0.2) is 47.5 Å². The number of halogens is 1. The molecular weight excluding hydrogens is 477 g/mol. The lowest BCUT2D eigenvalue weighted by molar-refractivity contribution is 0.0453. The number of rotatable bonds is 9. The number of nitrogens with one attached hydrogen (secondary N) is 1. The number of aryl methyl sites for hydroxylation is 1. The predicted molar refractivity (Wildman–Crippen MR) is 130 cm³/mol. The van der Waals surface area contributed by atoms with Crippen molar-refractivity contribution in [3.05, 3.63) is 64.7 Å². The number of benzene rings is 2. The van der Waals surface area contributed by atoms with E-state index in [0.717, 1.165) is 36.3 Å². The van der Waals surface area contributed by atoms with E-state index in [2.05, 4.69) is 46.7 Å². The van der Waals surface area contributed by atoms with Crippen molar-refractivity contribution >= 4 is 35.6 Å². The molecule has 0 fully saturated rings. The van der Waals surface area contributed by atoms with Gasteiger partial charge in [-0.1, -0.05) is 36.4 Å². The summed E-state index contributed by atoms with van der Waals surface area (Å²) in [7, 11) is 0. The van der Waals surface area contributed by atoms with E-state index in [1.165, 1.54) is 24.0 Å². The molecule has 0 aliphatic heterocycles. The minimum atomic E-state index is 0. The molecular formula is C23H32IN3O2. The molecule has 0 unspecified atom stereocenters. The van der Waals surface area contributed by atoms with Crippen molar-refractivity contribution in [1.82, 2.24) is 0 Å². The quantitative estimate of drug-likeness (QED) is 0.223. The van der Waals surface area contributed by atoms with Gasteiger partial charge < -0.3 is 20.5 Å². The third kappa shape index (κ3) is 7.60. The van der Waals surface area contributed by atoms with E-state index in [-0.39, 0.29) is 24.0 Å². The van der Waals surface area contributed by atoms with Crippen molar-refractivity contribution in [1.29, 1.82) is 0 Å². The van der Waals surface area contributed by atoms with Crippen LogP contribution in [0.3, 0.4) is 0 Å².